The third kappa shape index (κ3) is 2.19. The van der Waals surface area contributed by atoms with Gasteiger partial charge in [0.15, 0.2) is 5.78 Å². The monoisotopic (exact) mass is 183 g/mol. The van der Waals surface area contributed by atoms with Crippen molar-refractivity contribution in [2.45, 2.75) is 12.8 Å². The molecule has 1 aromatic carbocycles. The van der Waals surface area contributed by atoms with Crippen LogP contribution in [0.1, 0.15) is 12.0 Å². The molecule has 0 bridgehead atoms. The van der Waals surface area contributed by atoms with Crippen LogP contribution in [0.3, 0.4) is 0 Å². The van der Waals surface area contributed by atoms with Crippen molar-refractivity contribution in [2.75, 3.05) is 0 Å². The molecule has 1 aromatic rings. The highest BCUT2D eigenvalue weighted by molar-refractivity contribution is 5.92. The van der Waals surface area contributed by atoms with Gasteiger partial charge in [0.05, 0.1) is 0 Å². The first kappa shape index (κ1) is 8.95. The van der Waals surface area contributed by atoms with E-state index in [-0.39, 0.29) is 5.78 Å². The van der Waals surface area contributed by atoms with E-state index in [0.717, 1.165) is 12.0 Å². The summed E-state index contributed by atoms with van der Waals surface area (Å²) in [6, 6.07) is 11.1. The van der Waals surface area contributed by atoms with E-state index in [1.54, 1.807) is 6.08 Å². The van der Waals surface area contributed by atoms with Crippen LogP contribution in [-0.4, -0.2) is 5.78 Å². The van der Waals surface area contributed by atoms with E-state index in [1.807, 2.05) is 36.4 Å². The SMILES string of the molecule is O=C1C=CC(Cc2[c]cccc2)=CC1. The summed E-state index contributed by atoms with van der Waals surface area (Å²) in [6.45, 7) is 0. The second kappa shape index (κ2) is 4.05. The lowest BCUT2D eigenvalue weighted by Crippen LogP contribution is -1.98. The van der Waals surface area contributed by atoms with Gasteiger partial charge in [0.2, 0.25) is 0 Å². The maximum absolute atomic E-state index is 10.9. The van der Waals surface area contributed by atoms with Crippen molar-refractivity contribution in [3.63, 3.8) is 0 Å². The maximum Gasteiger partial charge on any atom is 0.159 e. The Morgan fingerprint density at radius 2 is 2.21 bits per heavy atom. The minimum Gasteiger partial charge on any atom is -0.295 e. The van der Waals surface area contributed by atoms with Gasteiger partial charge in [0, 0.05) is 6.42 Å². The standard InChI is InChI=1S/C13H11O/c14-13-8-6-12(7-9-13)10-11-4-2-1-3-5-11/h1-4,6-8H,9-10H2. The Kier molecular flexibility index (Phi) is 2.59. The molecule has 0 aliphatic heterocycles. The lowest BCUT2D eigenvalue weighted by molar-refractivity contribution is -0.113. The zero-order chi connectivity index (χ0) is 9.80. The molecule has 1 aliphatic carbocycles. The number of benzene rings is 1. The molecule has 14 heavy (non-hydrogen) atoms. The summed E-state index contributed by atoms with van der Waals surface area (Å²) in [4.78, 5) is 10.9. The Balaban J connectivity index is 2.06. The van der Waals surface area contributed by atoms with Crippen LogP contribution in [0, 0.1) is 6.07 Å². The zero-order valence-corrected chi connectivity index (χ0v) is 7.86. The normalized spacial score (nSPS) is 15.4. The average molecular weight is 183 g/mol. The van der Waals surface area contributed by atoms with Gasteiger partial charge in [-0.25, -0.2) is 0 Å². The minimum atomic E-state index is 0.186. The first-order valence-electron chi connectivity index (χ1n) is 4.70. The van der Waals surface area contributed by atoms with Crippen LogP contribution in [0.2, 0.25) is 0 Å². The van der Waals surface area contributed by atoms with Crippen LogP contribution in [0.5, 0.6) is 0 Å². The summed E-state index contributed by atoms with van der Waals surface area (Å²) in [5.41, 5.74) is 2.37. The molecule has 0 aromatic heterocycles. The molecular weight excluding hydrogens is 172 g/mol. The molecule has 69 valence electrons. The largest absolute Gasteiger partial charge is 0.295 e. The molecule has 1 radical (unpaired) electrons. The van der Waals surface area contributed by atoms with Crippen molar-refractivity contribution >= 4 is 5.78 Å². The molecule has 0 amide bonds. The average Bonchev–Trinajstić information content (AvgIpc) is 2.23. The van der Waals surface area contributed by atoms with Gasteiger partial charge in [-0.15, -0.1) is 0 Å². The van der Waals surface area contributed by atoms with E-state index in [9.17, 15) is 4.79 Å². The van der Waals surface area contributed by atoms with Crippen molar-refractivity contribution in [3.8, 4) is 0 Å². The van der Waals surface area contributed by atoms with Crippen LogP contribution >= 0.6 is 0 Å². The van der Waals surface area contributed by atoms with Crippen LogP contribution in [0.15, 0.2) is 48.1 Å². The van der Waals surface area contributed by atoms with Crippen LogP contribution < -0.4 is 0 Å². The molecule has 1 nitrogen and oxygen atoms in total. The highest BCUT2D eigenvalue weighted by atomic mass is 16.1. The van der Waals surface area contributed by atoms with Gasteiger partial charge in [0.1, 0.15) is 0 Å². The summed E-state index contributed by atoms with van der Waals surface area (Å²) in [6.07, 6.45) is 6.94. The van der Waals surface area contributed by atoms with Gasteiger partial charge in [-0.3, -0.25) is 4.79 Å². The van der Waals surface area contributed by atoms with E-state index in [2.05, 4.69) is 6.07 Å². The summed E-state index contributed by atoms with van der Waals surface area (Å²) in [5.74, 6) is 0.186. The van der Waals surface area contributed by atoms with Gasteiger partial charge < -0.3 is 0 Å². The predicted molar refractivity (Wildman–Crippen MR) is 55.8 cm³/mol. The molecule has 2 rings (SSSR count). The topological polar surface area (TPSA) is 17.1 Å². The van der Waals surface area contributed by atoms with Gasteiger partial charge in [0.25, 0.3) is 0 Å². The maximum atomic E-state index is 10.9. The highest BCUT2D eigenvalue weighted by Gasteiger charge is 2.03. The highest BCUT2D eigenvalue weighted by Crippen LogP contribution is 2.13. The lowest BCUT2D eigenvalue weighted by Gasteiger charge is -2.05. The summed E-state index contributed by atoms with van der Waals surface area (Å²) < 4.78 is 0. The Morgan fingerprint density at radius 3 is 2.86 bits per heavy atom. The summed E-state index contributed by atoms with van der Waals surface area (Å²) in [7, 11) is 0. The van der Waals surface area contributed by atoms with Crippen molar-refractivity contribution < 1.29 is 4.79 Å². The molecule has 0 fully saturated rings. The first-order chi connectivity index (χ1) is 6.84. The molecule has 0 saturated carbocycles. The van der Waals surface area contributed by atoms with Crippen LogP contribution in [0.4, 0.5) is 0 Å². The molecule has 0 heterocycles. The second-order valence-electron chi connectivity index (χ2n) is 3.35. The van der Waals surface area contributed by atoms with Crippen molar-refractivity contribution in [1.82, 2.24) is 0 Å². The quantitative estimate of drug-likeness (QED) is 0.688. The smallest absolute Gasteiger partial charge is 0.159 e. The first-order valence-corrected chi connectivity index (χ1v) is 4.70. The van der Waals surface area contributed by atoms with Crippen molar-refractivity contribution in [1.29, 1.82) is 0 Å². The molecule has 1 aliphatic rings. The van der Waals surface area contributed by atoms with E-state index in [4.69, 9.17) is 0 Å². The fourth-order valence-electron chi connectivity index (χ4n) is 1.46. The third-order valence-corrected chi connectivity index (χ3v) is 2.22. The van der Waals surface area contributed by atoms with E-state index >= 15 is 0 Å². The second-order valence-corrected chi connectivity index (χ2v) is 3.35. The summed E-state index contributed by atoms with van der Waals surface area (Å²) in [5, 5.41) is 0. The number of allylic oxidation sites excluding steroid dienone is 4. The van der Waals surface area contributed by atoms with Gasteiger partial charge >= 0.3 is 0 Å². The van der Waals surface area contributed by atoms with E-state index < -0.39 is 0 Å². The van der Waals surface area contributed by atoms with Crippen LogP contribution in [-0.2, 0) is 11.2 Å². The zero-order valence-electron chi connectivity index (χ0n) is 7.86. The lowest BCUT2D eigenvalue weighted by atomic mass is 9.99. The third-order valence-electron chi connectivity index (χ3n) is 2.22. The Hall–Kier alpha value is -1.63. The van der Waals surface area contributed by atoms with Crippen LogP contribution in [0.25, 0.3) is 0 Å². The fourth-order valence-corrected chi connectivity index (χ4v) is 1.46. The van der Waals surface area contributed by atoms with Gasteiger partial charge in [-0.05, 0) is 29.7 Å². The van der Waals surface area contributed by atoms with Gasteiger partial charge in [-0.2, -0.15) is 0 Å². The molecule has 0 unspecified atom stereocenters. The molecule has 0 atom stereocenters. The fraction of sp³-hybridized carbons (Fsp3) is 0.154. The Labute approximate surface area is 83.8 Å². The molecule has 0 saturated heterocycles. The number of carbonyl (C=O) groups is 1. The number of hydrogen-bond donors (Lipinski definition) is 0. The summed E-state index contributed by atoms with van der Waals surface area (Å²) >= 11 is 0. The minimum absolute atomic E-state index is 0.186. The Bertz CT molecular complexity index is 385. The number of rotatable bonds is 2. The molecular formula is C13H11O. The molecule has 0 N–H and O–H groups in total. The van der Waals surface area contributed by atoms with Crippen molar-refractivity contribution in [3.05, 3.63) is 59.7 Å². The number of carbonyl (C=O) groups excluding carboxylic acids is 1. The van der Waals surface area contributed by atoms with E-state index in [1.165, 1.54) is 5.57 Å². The van der Waals surface area contributed by atoms with E-state index in [0.29, 0.717) is 6.42 Å². The van der Waals surface area contributed by atoms with Crippen molar-refractivity contribution in [2.24, 2.45) is 0 Å². The van der Waals surface area contributed by atoms with Gasteiger partial charge in [-0.1, -0.05) is 36.4 Å². The predicted octanol–water partition coefficient (Wildman–Crippen LogP) is 2.48. The number of ketones is 1. The number of hydrogen-bond acceptors (Lipinski definition) is 1. The Morgan fingerprint density at radius 1 is 1.29 bits per heavy atom. The molecule has 1 heteroatoms. The molecule has 0 spiro atoms.